The molecule has 29 heavy (non-hydrogen) atoms. The van der Waals surface area contributed by atoms with Gasteiger partial charge in [0.25, 0.3) is 11.6 Å². The van der Waals surface area contributed by atoms with E-state index in [2.05, 4.69) is 21.2 Å². The maximum absolute atomic E-state index is 11.9. The van der Waals surface area contributed by atoms with Gasteiger partial charge in [0.2, 0.25) is 0 Å². The highest BCUT2D eigenvalue weighted by molar-refractivity contribution is 9.10. The lowest BCUT2D eigenvalue weighted by molar-refractivity contribution is -0.384. The normalized spacial score (nSPS) is 14.8. The third-order valence-corrected chi connectivity index (χ3v) is 5.55. The van der Waals surface area contributed by atoms with Crippen molar-refractivity contribution in [1.29, 1.82) is 0 Å². The average molecular weight is 495 g/mol. The molecule has 0 spiro atoms. The average Bonchev–Trinajstić information content (AvgIpc) is 2.98. The van der Waals surface area contributed by atoms with Crippen LogP contribution in [0.1, 0.15) is 18.1 Å². The Morgan fingerprint density at radius 3 is 2.59 bits per heavy atom. The number of nitro groups is 1. The summed E-state index contributed by atoms with van der Waals surface area (Å²) in [6.07, 6.45) is 1.73. The monoisotopic (exact) mass is 494 g/mol. The van der Waals surface area contributed by atoms with E-state index in [9.17, 15) is 14.9 Å². The van der Waals surface area contributed by atoms with E-state index in [0.29, 0.717) is 31.8 Å². The largest absolute Gasteiger partial charge is 0.490 e. The lowest BCUT2D eigenvalue weighted by Gasteiger charge is -2.15. The second-order valence-electron chi connectivity index (χ2n) is 5.83. The van der Waals surface area contributed by atoms with Crippen LogP contribution in [0.25, 0.3) is 6.08 Å². The lowest BCUT2D eigenvalue weighted by Crippen LogP contribution is -2.17. The van der Waals surface area contributed by atoms with Crippen molar-refractivity contribution >= 4 is 61.9 Å². The fraction of sp³-hybridized carbons (Fsp3) is 0.158. The number of ether oxygens (including phenoxy) is 2. The van der Waals surface area contributed by atoms with E-state index in [0.717, 1.165) is 11.1 Å². The minimum atomic E-state index is -0.447. The summed E-state index contributed by atoms with van der Waals surface area (Å²) in [6.45, 7) is 2.50. The third kappa shape index (κ3) is 5.34. The van der Waals surface area contributed by atoms with Crippen molar-refractivity contribution in [3.05, 3.63) is 67.0 Å². The second-order valence-corrected chi connectivity index (χ2v) is 8.40. The molecule has 150 valence electrons. The predicted molar refractivity (Wildman–Crippen MR) is 119 cm³/mol. The number of carbonyl (C=O) groups is 1. The zero-order chi connectivity index (χ0) is 21.0. The Morgan fingerprint density at radius 2 is 2.00 bits per heavy atom. The number of halogens is 1. The lowest BCUT2D eigenvalue weighted by atomic mass is 10.1. The minimum Gasteiger partial charge on any atom is -0.490 e. The number of nitro benzene ring substituents is 1. The fourth-order valence-corrected chi connectivity index (χ4v) is 4.13. The highest BCUT2D eigenvalue weighted by Crippen LogP contribution is 2.39. The molecule has 2 aromatic carbocycles. The summed E-state index contributed by atoms with van der Waals surface area (Å²) in [4.78, 5) is 22.7. The summed E-state index contributed by atoms with van der Waals surface area (Å²) in [5.74, 6) is 0.792. The van der Waals surface area contributed by atoms with Crippen LogP contribution in [0, 0.1) is 10.1 Å². The number of hydrogen-bond donors (Lipinski definition) is 1. The summed E-state index contributed by atoms with van der Waals surface area (Å²) in [7, 11) is 0. The standard InChI is InChI=1S/C19H15BrN2O5S2/c1-2-26-15-8-12(9-16-18(23)21-19(28)29-16)7-14(20)17(15)27-10-11-3-5-13(6-4-11)22(24)25/h3-9H,2,10H2,1H3,(H,21,23,28)/b16-9-. The van der Waals surface area contributed by atoms with E-state index >= 15 is 0 Å². The highest BCUT2D eigenvalue weighted by Gasteiger charge is 2.22. The van der Waals surface area contributed by atoms with Crippen LogP contribution in [0.3, 0.4) is 0 Å². The first-order valence-electron chi connectivity index (χ1n) is 8.44. The van der Waals surface area contributed by atoms with E-state index < -0.39 is 4.92 Å². The van der Waals surface area contributed by atoms with E-state index in [1.165, 1.54) is 23.9 Å². The van der Waals surface area contributed by atoms with E-state index in [4.69, 9.17) is 21.7 Å². The number of thiocarbonyl (C=S) groups is 1. The molecule has 1 aliphatic rings. The van der Waals surface area contributed by atoms with Crippen molar-refractivity contribution in [2.75, 3.05) is 6.61 Å². The molecule has 0 saturated carbocycles. The Kier molecular flexibility index (Phi) is 6.88. The number of benzene rings is 2. The predicted octanol–water partition coefficient (Wildman–Crippen LogP) is 4.82. The van der Waals surface area contributed by atoms with Gasteiger partial charge in [0, 0.05) is 12.1 Å². The number of thioether (sulfide) groups is 1. The van der Waals surface area contributed by atoms with Gasteiger partial charge in [0.15, 0.2) is 11.5 Å². The van der Waals surface area contributed by atoms with Gasteiger partial charge in [-0.15, -0.1) is 0 Å². The summed E-state index contributed by atoms with van der Waals surface area (Å²) in [5.41, 5.74) is 1.56. The molecule has 1 saturated heterocycles. The van der Waals surface area contributed by atoms with Gasteiger partial charge in [0.1, 0.15) is 10.9 Å². The van der Waals surface area contributed by atoms with E-state index in [-0.39, 0.29) is 18.2 Å². The Morgan fingerprint density at radius 1 is 1.28 bits per heavy atom. The number of rotatable bonds is 7. The van der Waals surface area contributed by atoms with Gasteiger partial charge < -0.3 is 14.8 Å². The summed E-state index contributed by atoms with van der Waals surface area (Å²) in [5, 5.41) is 13.3. The molecule has 0 unspecified atom stereocenters. The van der Waals surface area contributed by atoms with Crippen molar-refractivity contribution in [2.45, 2.75) is 13.5 Å². The number of nitrogens with zero attached hydrogens (tertiary/aromatic N) is 1. The van der Waals surface area contributed by atoms with E-state index in [1.54, 1.807) is 24.3 Å². The number of non-ortho nitro benzene ring substituents is 1. The van der Waals surface area contributed by atoms with Gasteiger partial charge in [-0.1, -0.05) is 24.0 Å². The molecule has 10 heteroatoms. The molecule has 1 heterocycles. The van der Waals surface area contributed by atoms with Gasteiger partial charge in [-0.05, 0) is 64.3 Å². The zero-order valence-corrected chi connectivity index (χ0v) is 18.4. The first kappa shape index (κ1) is 21.3. The maximum atomic E-state index is 11.9. The molecule has 3 rings (SSSR count). The molecule has 0 aliphatic carbocycles. The van der Waals surface area contributed by atoms with E-state index in [1.807, 2.05) is 13.0 Å². The van der Waals surface area contributed by atoms with Crippen LogP contribution in [0.15, 0.2) is 45.8 Å². The van der Waals surface area contributed by atoms with Crippen molar-refractivity contribution in [1.82, 2.24) is 5.32 Å². The van der Waals surface area contributed by atoms with Crippen molar-refractivity contribution < 1.29 is 19.2 Å². The molecule has 0 atom stereocenters. The maximum Gasteiger partial charge on any atom is 0.269 e. The summed E-state index contributed by atoms with van der Waals surface area (Å²) >= 11 is 9.70. The Bertz CT molecular complexity index is 1010. The summed E-state index contributed by atoms with van der Waals surface area (Å²) < 4.78 is 12.7. The first-order chi connectivity index (χ1) is 13.9. The Labute approximate surface area is 184 Å². The highest BCUT2D eigenvalue weighted by atomic mass is 79.9. The molecule has 1 amide bonds. The van der Waals surface area contributed by atoms with Gasteiger partial charge in [-0.2, -0.15) is 0 Å². The minimum absolute atomic E-state index is 0.0237. The first-order valence-corrected chi connectivity index (χ1v) is 10.5. The Hall–Kier alpha value is -2.43. The number of amides is 1. The van der Waals surface area contributed by atoms with Gasteiger partial charge in [-0.25, -0.2) is 0 Å². The van der Waals surface area contributed by atoms with Crippen LogP contribution < -0.4 is 14.8 Å². The van der Waals surface area contributed by atoms with Crippen LogP contribution in [0.5, 0.6) is 11.5 Å². The third-order valence-electron chi connectivity index (χ3n) is 3.80. The van der Waals surface area contributed by atoms with Crippen LogP contribution in [0.4, 0.5) is 5.69 Å². The molecule has 0 aromatic heterocycles. The fourth-order valence-electron chi connectivity index (χ4n) is 2.52. The van der Waals surface area contributed by atoms with Gasteiger partial charge >= 0.3 is 0 Å². The summed E-state index contributed by atoms with van der Waals surface area (Å²) in [6, 6.07) is 9.74. The molecular formula is C19H15BrN2O5S2. The molecule has 1 N–H and O–H groups in total. The molecule has 1 aliphatic heterocycles. The quantitative estimate of drug-likeness (QED) is 0.255. The molecule has 0 radical (unpaired) electrons. The number of carbonyl (C=O) groups excluding carboxylic acids is 1. The zero-order valence-electron chi connectivity index (χ0n) is 15.1. The smallest absolute Gasteiger partial charge is 0.269 e. The second kappa shape index (κ2) is 9.38. The van der Waals surface area contributed by atoms with Crippen molar-refractivity contribution in [3.63, 3.8) is 0 Å². The molecule has 2 aromatic rings. The van der Waals surface area contributed by atoms with Crippen molar-refractivity contribution in [2.24, 2.45) is 0 Å². The van der Waals surface area contributed by atoms with Crippen LogP contribution in [-0.4, -0.2) is 21.8 Å². The SMILES string of the molecule is CCOc1cc(/C=C2\SC(=S)NC2=O)cc(Br)c1OCc1ccc([N+](=O)[O-])cc1. The Balaban J connectivity index is 1.82. The van der Waals surface area contributed by atoms with Crippen LogP contribution in [0.2, 0.25) is 0 Å². The number of nitrogens with one attached hydrogen (secondary N) is 1. The molecule has 1 fully saturated rings. The van der Waals surface area contributed by atoms with Crippen molar-refractivity contribution in [3.8, 4) is 11.5 Å². The number of hydrogen-bond acceptors (Lipinski definition) is 7. The van der Waals surface area contributed by atoms with Crippen LogP contribution in [-0.2, 0) is 11.4 Å². The topological polar surface area (TPSA) is 90.7 Å². The molecule has 0 bridgehead atoms. The van der Waals surface area contributed by atoms with Gasteiger partial charge in [-0.3, -0.25) is 14.9 Å². The van der Waals surface area contributed by atoms with Gasteiger partial charge in [0.05, 0.1) is 20.9 Å². The molecule has 7 nitrogen and oxygen atoms in total. The van der Waals surface area contributed by atoms with Crippen LogP contribution >= 0.6 is 39.9 Å². The molecular weight excluding hydrogens is 480 g/mol.